The molecule has 4 nitrogen and oxygen atoms in total. The van der Waals surface area contributed by atoms with E-state index in [1.807, 2.05) is 18.2 Å². The standard InChI is InChI=1S/C25H27NO3S/c1-20-18-26(19-24(20)29-30(2,27)28)25(21-12-6-3-7-13-21,22-14-8-4-9-15-22)23-16-10-5-11-17-23/h3-17,20,24H,18-19H2,1-2H3. The maximum absolute atomic E-state index is 11.9. The third-order valence-electron chi connectivity index (χ3n) is 5.89. The van der Waals surface area contributed by atoms with Crippen molar-refractivity contribution in [2.24, 2.45) is 5.92 Å². The number of nitrogens with zero attached hydrogens (tertiary/aromatic N) is 1. The van der Waals surface area contributed by atoms with Crippen LogP contribution in [0.3, 0.4) is 0 Å². The molecule has 0 spiro atoms. The van der Waals surface area contributed by atoms with Crippen molar-refractivity contribution in [2.75, 3.05) is 19.3 Å². The van der Waals surface area contributed by atoms with E-state index in [1.165, 1.54) is 0 Å². The van der Waals surface area contributed by atoms with Crippen LogP contribution in [0.5, 0.6) is 0 Å². The Morgan fingerprint density at radius 1 is 0.767 bits per heavy atom. The van der Waals surface area contributed by atoms with Crippen LogP contribution >= 0.6 is 0 Å². The van der Waals surface area contributed by atoms with Gasteiger partial charge in [-0.1, -0.05) is 97.9 Å². The van der Waals surface area contributed by atoms with Gasteiger partial charge in [-0.25, -0.2) is 0 Å². The molecule has 3 aromatic rings. The van der Waals surface area contributed by atoms with Crippen molar-refractivity contribution in [3.8, 4) is 0 Å². The van der Waals surface area contributed by atoms with E-state index in [2.05, 4.69) is 84.6 Å². The zero-order chi connectivity index (χ0) is 21.2. The van der Waals surface area contributed by atoms with Crippen LogP contribution in [0.1, 0.15) is 23.6 Å². The van der Waals surface area contributed by atoms with Crippen LogP contribution in [0.4, 0.5) is 0 Å². The Hall–Kier alpha value is -2.47. The van der Waals surface area contributed by atoms with Gasteiger partial charge < -0.3 is 0 Å². The predicted octanol–water partition coefficient (Wildman–Crippen LogP) is 4.28. The third-order valence-corrected chi connectivity index (χ3v) is 6.49. The lowest BCUT2D eigenvalue weighted by atomic mass is 9.75. The van der Waals surface area contributed by atoms with Crippen molar-refractivity contribution in [3.63, 3.8) is 0 Å². The lowest BCUT2D eigenvalue weighted by Crippen LogP contribution is -2.47. The van der Waals surface area contributed by atoms with Gasteiger partial charge in [-0.2, -0.15) is 8.42 Å². The van der Waals surface area contributed by atoms with Crippen LogP contribution in [0.25, 0.3) is 0 Å². The molecule has 4 rings (SSSR count). The Kier molecular flexibility index (Phi) is 5.78. The maximum Gasteiger partial charge on any atom is 0.264 e. The van der Waals surface area contributed by atoms with Crippen molar-refractivity contribution < 1.29 is 12.6 Å². The molecule has 156 valence electrons. The summed E-state index contributed by atoms with van der Waals surface area (Å²) < 4.78 is 29.2. The summed E-state index contributed by atoms with van der Waals surface area (Å²) in [6.07, 6.45) is 0.747. The van der Waals surface area contributed by atoms with E-state index < -0.39 is 15.7 Å². The Labute approximate surface area is 179 Å². The van der Waals surface area contributed by atoms with E-state index in [-0.39, 0.29) is 12.0 Å². The summed E-state index contributed by atoms with van der Waals surface area (Å²) in [7, 11) is -3.53. The molecule has 1 aliphatic heterocycles. The molecule has 1 heterocycles. The van der Waals surface area contributed by atoms with Crippen molar-refractivity contribution in [2.45, 2.75) is 18.6 Å². The number of rotatable bonds is 6. The molecule has 30 heavy (non-hydrogen) atoms. The Morgan fingerprint density at radius 2 is 1.17 bits per heavy atom. The molecule has 0 amide bonds. The van der Waals surface area contributed by atoms with Crippen molar-refractivity contribution >= 4 is 10.1 Å². The quantitative estimate of drug-likeness (QED) is 0.440. The van der Waals surface area contributed by atoms with Crippen LogP contribution in [-0.4, -0.2) is 38.8 Å². The fraction of sp³-hybridized carbons (Fsp3) is 0.280. The monoisotopic (exact) mass is 421 g/mol. The number of benzene rings is 3. The van der Waals surface area contributed by atoms with Gasteiger partial charge in [0.2, 0.25) is 0 Å². The number of hydrogen-bond donors (Lipinski definition) is 0. The van der Waals surface area contributed by atoms with Crippen LogP contribution in [0, 0.1) is 5.92 Å². The summed E-state index contributed by atoms with van der Waals surface area (Å²) in [5.74, 6) is 0.0789. The van der Waals surface area contributed by atoms with Gasteiger partial charge in [0.05, 0.1) is 17.9 Å². The van der Waals surface area contributed by atoms with E-state index in [0.717, 1.165) is 29.5 Å². The van der Waals surface area contributed by atoms with Gasteiger partial charge in [0.15, 0.2) is 0 Å². The van der Waals surface area contributed by atoms with Crippen molar-refractivity contribution in [3.05, 3.63) is 108 Å². The van der Waals surface area contributed by atoms with Gasteiger partial charge in [0.1, 0.15) is 0 Å². The Bertz CT molecular complexity index is 972. The average molecular weight is 422 g/mol. The van der Waals surface area contributed by atoms with Crippen molar-refractivity contribution in [1.82, 2.24) is 4.90 Å². The maximum atomic E-state index is 11.9. The molecule has 0 bridgehead atoms. The lowest BCUT2D eigenvalue weighted by Gasteiger charge is -2.44. The van der Waals surface area contributed by atoms with Crippen LogP contribution < -0.4 is 0 Å². The first-order valence-electron chi connectivity index (χ1n) is 10.2. The van der Waals surface area contributed by atoms with Gasteiger partial charge in [-0.05, 0) is 22.6 Å². The van der Waals surface area contributed by atoms with Gasteiger partial charge in [0, 0.05) is 13.1 Å². The largest absolute Gasteiger partial charge is 0.283 e. The molecular weight excluding hydrogens is 394 g/mol. The summed E-state index contributed by atoms with van der Waals surface area (Å²) in [5.41, 5.74) is 2.90. The fourth-order valence-corrected chi connectivity index (χ4v) is 5.35. The van der Waals surface area contributed by atoms with E-state index in [0.29, 0.717) is 6.54 Å². The average Bonchev–Trinajstić information content (AvgIpc) is 3.10. The van der Waals surface area contributed by atoms with Gasteiger partial charge in [-0.15, -0.1) is 0 Å². The highest BCUT2D eigenvalue weighted by molar-refractivity contribution is 7.86. The molecule has 0 aromatic heterocycles. The highest BCUT2D eigenvalue weighted by Gasteiger charge is 2.47. The normalized spacial score (nSPS) is 20.3. The molecular formula is C25H27NO3S. The van der Waals surface area contributed by atoms with Crippen LogP contribution in [0.15, 0.2) is 91.0 Å². The van der Waals surface area contributed by atoms with E-state index >= 15 is 0 Å². The zero-order valence-corrected chi connectivity index (χ0v) is 18.1. The topological polar surface area (TPSA) is 46.6 Å². The SMILES string of the molecule is CC1CN(C(c2ccccc2)(c2ccccc2)c2ccccc2)CC1OS(C)(=O)=O. The molecule has 2 atom stereocenters. The molecule has 3 aromatic carbocycles. The second-order valence-electron chi connectivity index (χ2n) is 8.03. The molecule has 0 radical (unpaired) electrons. The predicted molar refractivity (Wildman–Crippen MR) is 120 cm³/mol. The minimum atomic E-state index is -3.53. The Morgan fingerprint density at radius 3 is 1.53 bits per heavy atom. The molecule has 0 saturated carbocycles. The smallest absolute Gasteiger partial charge is 0.264 e. The highest BCUT2D eigenvalue weighted by Crippen LogP contribution is 2.45. The lowest BCUT2D eigenvalue weighted by molar-refractivity contribution is 0.155. The zero-order valence-electron chi connectivity index (χ0n) is 17.3. The van der Waals surface area contributed by atoms with Gasteiger partial charge >= 0.3 is 0 Å². The minimum Gasteiger partial charge on any atom is -0.283 e. The van der Waals surface area contributed by atoms with Gasteiger partial charge in [0.25, 0.3) is 10.1 Å². The number of likely N-dealkylation sites (tertiary alicyclic amines) is 1. The second kappa shape index (κ2) is 8.34. The number of hydrogen-bond acceptors (Lipinski definition) is 4. The summed E-state index contributed by atoms with van der Waals surface area (Å²) in [6, 6.07) is 31.3. The van der Waals surface area contributed by atoms with Crippen LogP contribution in [-0.2, 0) is 19.8 Å². The first-order valence-corrected chi connectivity index (χ1v) is 12.0. The molecule has 0 aliphatic carbocycles. The minimum absolute atomic E-state index is 0.0789. The van der Waals surface area contributed by atoms with E-state index in [9.17, 15) is 8.42 Å². The van der Waals surface area contributed by atoms with Gasteiger partial charge in [-0.3, -0.25) is 9.08 Å². The third kappa shape index (κ3) is 3.93. The fourth-order valence-electron chi connectivity index (χ4n) is 4.65. The van der Waals surface area contributed by atoms with Crippen molar-refractivity contribution in [1.29, 1.82) is 0 Å². The van der Waals surface area contributed by atoms with E-state index in [4.69, 9.17) is 4.18 Å². The summed E-state index contributed by atoms with van der Waals surface area (Å²) in [4.78, 5) is 2.37. The molecule has 1 aliphatic rings. The molecule has 5 heteroatoms. The first kappa shape index (κ1) is 20.8. The summed E-state index contributed by atoms with van der Waals surface area (Å²) in [5, 5.41) is 0. The van der Waals surface area contributed by atoms with Crippen LogP contribution in [0.2, 0.25) is 0 Å². The first-order chi connectivity index (χ1) is 14.4. The highest BCUT2D eigenvalue weighted by atomic mass is 32.2. The molecule has 1 fully saturated rings. The molecule has 2 unspecified atom stereocenters. The Balaban J connectivity index is 1.92. The second-order valence-corrected chi connectivity index (χ2v) is 9.63. The summed E-state index contributed by atoms with van der Waals surface area (Å²) >= 11 is 0. The molecule has 1 saturated heterocycles. The molecule has 0 N–H and O–H groups in total. The summed E-state index contributed by atoms with van der Waals surface area (Å²) in [6.45, 7) is 3.30. The van der Waals surface area contributed by atoms with E-state index in [1.54, 1.807) is 0 Å².